The van der Waals surface area contributed by atoms with Gasteiger partial charge in [-0.25, -0.2) is 0 Å². The van der Waals surface area contributed by atoms with Crippen LogP contribution in [-0.4, -0.2) is 37.6 Å². The van der Waals surface area contributed by atoms with Crippen LogP contribution in [0.15, 0.2) is 54.6 Å². The Labute approximate surface area is 207 Å². The Kier molecular flexibility index (Phi) is 5.60. The van der Waals surface area contributed by atoms with E-state index in [0.717, 1.165) is 0 Å². The van der Waals surface area contributed by atoms with Crippen molar-refractivity contribution in [3.63, 3.8) is 0 Å². The molecule has 0 saturated heterocycles. The Morgan fingerprint density at radius 3 is 2.24 bits per heavy atom. The SMILES string of the molecule is COc1ccc([C@@]23Oc4cc(OC)cc(OC)c4[C@]2(O)C(O)C[C@H]3c2ccc(Cl)cc2Cl)cc1. The largest absolute Gasteiger partial charge is 0.497 e. The molecule has 5 rings (SSSR count). The summed E-state index contributed by atoms with van der Waals surface area (Å²) in [6.45, 7) is 0. The number of aliphatic hydroxyl groups excluding tert-OH is 1. The molecule has 1 fully saturated rings. The van der Waals surface area contributed by atoms with Gasteiger partial charge in [-0.05, 0) is 41.8 Å². The quantitative estimate of drug-likeness (QED) is 0.508. The molecule has 1 aliphatic heterocycles. The summed E-state index contributed by atoms with van der Waals surface area (Å²) in [4.78, 5) is 0. The third kappa shape index (κ3) is 3.02. The van der Waals surface area contributed by atoms with E-state index in [1.807, 2.05) is 18.2 Å². The van der Waals surface area contributed by atoms with Crippen molar-refractivity contribution in [2.24, 2.45) is 0 Å². The van der Waals surface area contributed by atoms with Gasteiger partial charge in [0, 0.05) is 28.1 Å². The van der Waals surface area contributed by atoms with Crippen LogP contribution in [0.4, 0.5) is 0 Å². The van der Waals surface area contributed by atoms with Gasteiger partial charge in [-0.15, -0.1) is 0 Å². The number of fused-ring (bicyclic) bond motifs is 3. The van der Waals surface area contributed by atoms with Crippen LogP contribution < -0.4 is 18.9 Å². The minimum atomic E-state index is -1.85. The molecule has 1 heterocycles. The third-order valence-electron chi connectivity index (χ3n) is 7.00. The number of halogens is 2. The lowest BCUT2D eigenvalue weighted by Gasteiger charge is -2.41. The van der Waals surface area contributed by atoms with E-state index in [1.54, 1.807) is 43.5 Å². The summed E-state index contributed by atoms with van der Waals surface area (Å²) in [6, 6.07) is 15.8. The smallest absolute Gasteiger partial charge is 0.176 e. The number of aliphatic hydroxyl groups is 2. The second-order valence-corrected chi connectivity index (χ2v) is 9.35. The second kappa shape index (κ2) is 8.24. The molecule has 2 aliphatic rings. The van der Waals surface area contributed by atoms with Crippen LogP contribution in [0, 0.1) is 0 Å². The fourth-order valence-corrected chi connectivity index (χ4v) is 6.04. The predicted octanol–water partition coefficient (Wildman–Crippen LogP) is 5.04. The zero-order valence-electron chi connectivity index (χ0n) is 18.8. The van der Waals surface area contributed by atoms with Gasteiger partial charge in [0.1, 0.15) is 23.0 Å². The van der Waals surface area contributed by atoms with Gasteiger partial charge in [0.15, 0.2) is 11.2 Å². The molecule has 0 amide bonds. The molecule has 4 atom stereocenters. The Hall–Kier alpha value is -2.64. The summed E-state index contributed by atoms with van der Waals surface area (Å²) < 4.78 is 23.1. The second-order valence-electron chi connectivity index (χ2n) is 8.51. The van der Waals surface area contributed by atoms with Gasteiger partial charge in [0.2, 0.25) is 0 Å². The zero-order chi connectivity index (χ0) is 24.3. The van der Waals surface area contributed by atoms with Gasteiger partial charge in [-0.2, -0.15) is 0 Å². The monoisotopic (exact) mass is 502 g/mol. The van der Waals surface area contributed by atoms with Crippen molar-refractivity contribution in [2.45, 2.75) is 29.6 Å². The number of methoxy groups -OCH3 is 3. The summed E-state index contributed by atoms with van der Waals surface area (Å²) in [5.41, 5.74) is -1.54. The van der Waals surface area contributed by atoms with Crippen LogP contribution in [0.3, 0.4) is 0 Å². The molecule has 3 aromatic rings. The van der Waals surface area contributed by atoms with E-state index >= 15 is 0 Å². The average Bonchev–Trinajstić information content (AvgIpc) is 3.24. The molecule has 34 heavy (non-hydrogen) atoms. The Morgan fingerprint density at radius 2 is 1.62 bits per heavy atom. The molecule has 0 radical (unpaired) electrons. The first kappa shape index (κ1) is 23.1. The predicted molar refractivity (Wildman–Crippen MR) is 129 cm³/mol. The highest BCUT2D eigenvalue weighted by Gasteiger charge is 2.73. The molecular weight excluding hydrogens is 479 g/mol. The Morgan fingerprint density at radius 1 is 0.912 bits per heavy atom. The number of ether oxygens (including phenoxy) is 4. The maximum absolute atomic E-state index is 12.4. The van der Waals surface area contributed by atoms with Gasteiger partial charge in [0.05, 0.1) is 33.0 Å². The summed E-state index contributed by atoms with van der Waals surface area (Å²) >= 11 is 12.8. The van der Waals surface area contributed by atoms with Crippen LogP contribution >= 0.6 is 23.2 Å². The van der Waals surface area contributed by atoms with Gasteiger partial charge in [0.25, 0.3) is 0 Å². The van der Waals surface area contributed by atoms with Crippen molar-refractivity contribution >= 4 is 23.2 Å². The van der Waals surface area contributed by atoms with Gasteiger partial charge in [-0.3, -0.25) is 0 Å². The molecular formula is C26H24Cl2O6. The molecule has 0 aromatic heterocycles. The van der Waals surface area contributed by atoms with E-state index in [1.165, 1.54) is 14.2 Å². The first-order chi connectivity index (χ1) is 16.3. The van der Waals surface area contributed by atoms with Gasteiger partial charge in [-0.1, -0.05) is 41.4 Å². The molecule has 0 spiro atoms. The van der Waals surface area contributed by atoms with E-state index in [0.29, 0.717) is 49.7 Å². The van der Waals surface area contributed by atoms with Crippen molar-refractivity contribution in [3.05, 3.63) is 81.3 Å². The number of benzene rings is 3. The number of hydrogen-bond acceptors (Lipinski definition) is 6. The highest BCUT2D eigenvalue weighted by Crippen LogP contribution is 2.69. The van der Waals surface area contributed by atoms with Crippen LogP contribution in [0.5, 0.6) is 23.0 Å². The molecule has 1 aliphatic carbocycles. The van der Waals surface area contributed by atoms with E-state index in [2.05, 4.69) is 0 Å². The van der Waals surface area contributed by atoms with Crippen molar-refractivity contribution in [2.75, 3.05) is 21.3 Å². The zero-order valence-corrected chi connectivity index (χ0v) is 20.4. The minimum absolute atomic E-state index is 0.193. The molecule has 8 heteroatoms. The first-order valence-electron chi connectivity index (χ1n) is 10.8. The topological polar surface area (TPSA) is 77.4 Å². The van der Waals surface area contributed by atoms with E-state index in [-0.39, 0.29) is 6.42 Å². The van der Waals surface area contributed by atoms with Crippen molar-refractivity contribution in [3.8, 4) is 23.0 Å². The summed E-state index contributed by atoms with van der Waals surface area (Å²) in [7, 11) is 4.62. The highest BCUT2D eigenvalue weighted by molar-refractivity contribution is 6.35. The molecule has 3 aromatic carbocycles. The molecule has 1 unspecified atom stereocenters. The standard InChI is InChI=1S/C26H24Cl2O6/c1-31-16-7-4-14(5-8-16)26-19(18-9-6-15(27)10-20(18)28)13-23(29)25(26,30)24-21(33-3)11-17(32-2)12-22(24)34-26/h4-12,19,23,29-30H,13H2,1-3H3/t19-,23?,25+,26-/m0/s1. The maximum Gasteiger partial charge on any atom is 0.176 e. The molecule has 0 bridgehead atoms. The van der Waals surface area contributed by atoms with Crippen LogP contribution in [-0.2, 0) is 11.2 Å². The highest BCUT2D eigenvalue weighted by atomic mass is 35.5. The summed E-state index contributed by atoms with van der Waals surface area (Å²) in [6.07, 6.45) is -0.992. The van der Waals surface area contributed by atoms with Crippen molar-refractivity contribution < 1.29 is 29.2 Å². The Balaban J connectivity index is 1.82. The molecule has 6 nitrogen and oxygen atoms in total. The van der Waals surface area contributed by atoms with Crippen molar-refractivity contribution in [1.29, 1.82) is 0 Å². The average molecular weight is 503 g/mol. The normalized spacial score (nSPS) is 27.0. The molecule has 178 valence electrons. The molecule has 1 saturated carbocycles. The van der Waals surface area contributed by atoms with E-state index in [9.17, 15) is 10.2 Å². The number of rotatable bonds is 5. The molecule has 2 N–H and O–H groups in total. The summed E-state index contributed by atoms with van der Waals surface area (Å²) in [5, 5.41) is 24.8. The van der Waals surface area contributed by atoms with Crippen molar-refractivity contribution in [1.82, 2.24) is 0 Å². The fraction of sp³-hybridized carbons (Fsp3) is 0.308. The lowest BCUT2D eigenvalue weighted by Crippen LogP contribution is -2.52. The minimum Gasteiger partial charge on any atom is -0.497 e. The number of hydrogen-bond donors (Lipinski definition) is 2. The Bertz CT molecular complexity index is 1250. The third-order valence-corrected chi connectivity index (χ3v) is 7.56. The lowest BCUT2D eigenvalue weighted by molar-refractivity contribution is -0.149. The van der Waals surface area contributed by atoms with Crippen LogP contribution in [0.1, 0.15) is 29.0 Å². The van der Waals surface area contributed by atoms with Crippen LogP contribution in [0.25, 0.3) is 0 Å². The summed E-state index contributed by atoms with van der Waals surface area (Å²) in [5.74, 6) is 1.35. The van der Waals surface area contributed by atoms with E-state index in [4.69, 9.17) is 42.1 Å². The fourth-order valence-electron chi connectivity index (χ4n) is 5.50. The first-order valence-corrected chi connectivity index (χ1v) is 11.5. The maximum atomic E-state index is 12.4. The van der Waals surface area contributed by atoms with E-state index < -0.39 is 23.2 Å². The van der Waals surface area contributed by atoms with Gasteiger partial charge >= 0.3 is 0 Å². The van der Waals surface area contributed by atoms with Crippen LogP contribution in [0.2, 0.25) is 10.0 Å². The lowest BCUT2D eigenvalue weighted by atomic mass is 9.71. The van der Waals surface area contributed by atoms with Gasteiger partial charge < -0.3 is 29.2 Å².